The number of carbonyl (C=O) groups is 1. The van der Waals surface area contributed by atoms with Crippen molar-refractivity contribution in [3.63, 3.8) is 0 Å². The molecule has 8 heteroatoms. The van der Waals surface area contributed by atoms with Crippen LogP contribution in [0.1, 0.15) is 6.42 Å². The van der Waals surface area contributed by atoms with Gasteiger partial charge in [0.2, 0.25) is 5.91 Å². The Bertz CT molecular complexity index is 846. The van der Waals surface area contributed by atoms with Crippen LogP contribution in [-0.2, 0) is 4.79 Å². The summed E-state index contributed by atoms with van der Waals surface area (Å²) in [6.45, 7) is 0. The first kappa shape index (κ1) is 18.3. The molecule has 0 fully saturated rings. The van der Waals surface area contributed by atoms with E-state index >= 15 is 0 Å². The van der Waals surface area contributed by atoms with E-state index < -0.39 is 0 Å². The summed E-state index contributed by atoms with van der Waals surface area (Å²) in [5, 5.41) is 5.38. The molecule has 2 heterocycles. The summed E-state index contributed by atoms with van der Waals surface area (Å²) in [4.78, 5) is 18.6. The molecule has 0 atom stereocenters. The lowest BCUT2D eigenvalue weighted by molar-refractivity contribution is -0.115. The van der Waals surface area contributed by atoms with E-state index in [0.717, 1.165) is 25.6 Å². The number of hydrogen-bond acceptors (Lipinski definition) is 6. The van der Waals surface area contributed by atoms with E-state index in [9.17, 15) is 4.79 Å². The topological polar surface area (TPSA) is 51.2 Å². The van der Waals surface area contributed by atoms with Crippen LogP contribution in [-0.4, -0.2) is 23.8 Å². The fourth-order valence-electron chi connectivity index (χ4n) is 2.01. The van der Waals surface area contributed by atoms with Crippen LogP contribution in [0, 0.1) is 0 Å². The first-order valence-corrected chi connectivity index (χ1v) is 10.5. The van der Waals surface area contributed by atoms with Crippen molar-refractivity contribution in [1.82, 2.24) is 4.98 Å². The number of thiazole rings is 1. The molecule has 0 aliphatic carbocycles. The van der Waals surface area contributed by atoms with Gasteiger partial charge in [-0.05, 0) is 36.4 Å². The van der Waals surface area contributed by atoms with Gasteiger partial charge in [-0.15, -0.1) is 34.4 Å². The standard InChI is InChI=1S/C17H15ClN2O2S3/c1-22-11-2-4-12(5-3-11)23-9-8-16(21)20-17-19-13(10-24-17)14-6-7-15(18)25-14/h2-7,10H,8-9H2,1H3,(H,19,20,21). The van der Waals surface area contributed by atoms with Crippen LogP contribution in [0.25, 0.3) is 10.6 Å². The van der Waals surface area contributed by atoms with E-state index in [4.69, 9.17) is 16.3 Å². The van der Waals surface area contributed by atoms with Crippen LogP contribution < -0.4 is 10.1 Å². The SMILES string of the molecule is COc1ccc(SCCC(=O)Nc2nc(-c3ccc(Cl)s3)cs2)cc1. The quantitative estimate of drug-likeness (QED) is 0.511. The number of aromatic nitrogens is 1. The van der Waals surface area contributed by atoms with E-state index in [0.29, 0.717) is 17.3 Å². The molecule has 3 aromatic rings. The Morgan fingerprint density at radius 2 is 2.08 bits per heavy atom. The molecule has 0 saturated heterocycles. The fraction of sp³-hybridized carbons (Fsp3) is 0.176. The molecule has 0 spiro atoms. The molecule has 2 aromatic heterocycles. The zero-order chi connectivity index (χ0) is 17.6. The minimum Gasteiger partial charge on any atom is -0.497 e. The predicted molar refractivity (Wildman–Crippen MR) is 107 cm³/mol. The summed E-state index contributed by atoms with van der Waals surface area (Å²) < 4.78 is 5.85. The van der Waals surface area contributed by atoms with Crippen molar-refractivity contribution in [1.29, 1.82) is 0 Å². The summed E-state index contributed by atoms with van der Waals surface area (Å²) in [5.74, 6) is 1.50. The maximum absolute atomic E-state index is 12.1. The lowest BCUT2D eigenvalue weighted by atomic mass is 10.3. The number of rotatable bonds is 7. The zero-order valence-electron chi connectivity index (χ0n) is 13.3. The maximum atomic E-state index is 12.1. The van der Waals surface area contributed by atoms with E-state index in [1.807, 2.05) is 41.8 Å². The molecule has 0 radical (unpaired) electrons. The van der Waals surface area contributed by atoms with Crippen molar-refractivity contribution in [3.8, 4) is 16.3 Å². The summed E-state index contributed by atoms with van der Waals surface area (Å²) in [6.07, 6.45) is 0.427. The number of thioether (sulfide) groups is 1. The predicted octanol–water partition coefficient (Wildman–Crippen LogP) is 5.65. The second-order valence-electron chi connectivity index (χ2n) is 4.96. The molecule has 0 bridgehead atoms. The highest BCUT2D eigenvalue weighted by atomic mass is 35.5. The van der Waals surface area contributed by atoms with Crippen LogP contribution in [0.5, 0.6) is 5.75 Å². The van der Waals surface area contributed by atoms with Crippen LogP contribution >= 0.6 is 46.0 Å². The van der Waals surface area contributed by atoms with Gasteiger partial charge >= 0.3 is 0 Å². The average molecular weight is 411 g/mol. The third kappa shape index (κ3) is 5.22. The molecule has 0 aliphatic heterocycles. The Labute approximate surface area is 163 Å². The van der Waals surface area contributed by atoms with Crippen LogP contribution in [0.3, 0.4) is 0 Å². The summed E-state index contributed by atoms with van der Waals surface area (Å²) in [5.41, 5.74) is 0.838. The van der Waals surface area contributed by atoms with E-state index in [1.54, 1.807) is 18.9 Å². The summed E-state index contributed by atoms with van der Waals surface area (Å²) in [6, 6.07) is 11.6. The van der Waals surface area contributed by atoms with Crippen molar-refractivity contribution < 1.29 is 9.53 Å². The van der Waals surface area contributed by atoms with Gasteiger partial charge in [0.25, 0.3) is 0 Å². The molecule has 1 amide bonds. The Morgan fingerprint density at radius 1 is 1.28 bits per heavy atom. The number of halogens is 1. The zero-order valence-corrected chi connectivity index (χ0v) is 16.5. The van der Waals surface area contributed by atoms with Gasteiger partial charge in [-0.3, -0.25) is 4.79 Å². The van der Waals surface area contributed by atoms with Gasteiger partial charge in [-0.2, -0.15) is 0 Å². The number of methoxy groups -OCH3 is 1. The molecule has 0 aliphatic rings. The smallest absolute Gasteiger partial charge is 0.226 e. The number of amides is 1. The summed E-state index contributed by atoms with van der Waals surface area (Å²) in [7, 11) is 1.64. The number of carbonyl (C=O) groups excluding carboxylic acids is 1. The van der Waals surface area contributed by atoms with Crippen molar-refractivity contribution in [2.75, 3.05) is 18.2 Å². The lowest BCUT2D eigenvalue weighted by Crippen LogP contribution is -2.11. The molecule has 4 nitrogen and oxygen atoms in total. The lowest BCUT2D eigenvalue weighted by Gasteiger charge is -2.04. The largest absolute Gasteiger partial charge is 0.497 e. The van der Waals surface area contributed by atoms with Gasteiger partial charge in [0.1, 0.15) is 5.75 Å². The van der Waals surface area contributed by atoms with E-state index in [1.165, 1.54) is 22.7 Å². The van der Waals surface area contributed by atoms with E-state index in [2.05, 4.69) is 10.3 Å². The second kappa shape index (κ2) is 8.71. The number of benzene rings is 1. The van der Waals surface area contributed by atoms with Gasteiger partial charge in [-0.25, -0.2) is 4.98 Å². The van der Waals surface area contributed by atoms with E-state index in [-0.39, 0.29) is 5.91 Å². The minimum atomic E-state index is -0.0360. The molecular weight excluding hydrogens is 396 g/mol. The highest BCUT2D eigenvalue weighted by Gasteiger charge is 2.10. The van der Waals surface area contributed by atoms with Crippen molar-refractivity contribution in [2.24, 2.45) is 0 Å². The molecule has 25 heavy (non-hydrogen) atoms. The van der Waals surface area contributed by atoms with Gasteiger partial charge in [0.05, 0.1) is 22.0 Å². The Morgan fingerprint density at radius 3 is 2.76 bits per heavy atom. The number of thiophene rings is 1. The highest BCUT2D eigenvalue weighted by Crippen LogP contribution is 2.32. The number of anilines is 1. The Kier molecular flexibility index (Phi) is 6.36. The van der Waals surface area contributed by atoms with Gasteiger partial charge in [0.15, 0.2) is 5.13 Å². The number of hydrogen-bond donors (Lipinski definition) is 1. The first-order valence-electron chi connectivity index (χ1n) is 7.42. The number of ether oxygens (including phenoxy) is 1. The number of nitrogens with zero attached hydrogens (tertiary/aromatic N) is 1. The monoisotopic (exact) mass is 410 g/mol. The fourth-order valence-corrected chi connectivity index (χ4v) is 4.67. The molecule has 1 N–H and O–H groups in total. The molecule has 1 aromatic carbocycles. The van der Waals surface area contributed by atoms with Gasteiger partial charge < -0.3 is 10.1 Å². The minimum absolute atomic E-state index is 0.0360. The molecule has 0 unspecified atom stereocenters. The third-order valence-corrected chi connectivity index (χ3v) is 6.26. The summed E-state index contributed by atoms with van der Waals surface area (Å²) >= 11 is 10.5. The normalized spacial score (nSPS) is 10.6. The van der Waals surface area contributed by atoms with Crippen molar-refractivity contribution in [2.45, 2.75) is 11.3 Å². The Hall–Kier alpha value is -1.54. The third-order valence-electron chi connectivity index (χ3n) is 3.23. The molecule has 3 rings (SSSR count). The van der Waals surface area contributed by atoms with Crippen LogP contribution in [0.15, 0.2) is 46.7 Å². The van der Waals surface area contributed by atoms with Gasteiger partial charge in [-0.1, -0.05) is 11.6 Å². The molecule has 0 saturated carbocycles. The second-order valence-corrected chi connectivity index (χ2v) is 8.71. The Balaban J connectivity index is 1.47. The van der Waals surface area contributed by atoms with Crippen molar-refractivity contribution in [3.05, 3.63) is 46.1 Å². The molecular formula is C17H15ClN2O2S3. The van der Waals surface area contributed by atoms with Crippen LogP contribution in [0.4, 0.5) is 5.13 Å². The van der Waals surface area contributed by atoms with Crippen LogP contribution in [0.2, 0.25) is 4.34 Å². The van der Waals surface area contributed by atoms with Crippen molar-refractivity contribution >= 4 is 57.1 Å². The van der Waals surface area contributed by atoms with Gasteiger partial charge in [0, 0.05) is 22.4 Å². The average Bonchev–Trinajstić information content (AvgIpc) is 3.24. The first-order chi connectivity index (χ1) is 12.1. The highest BCUT2D eigenvalue weighted by molar-refractivity contribution is 7.99. The number of nitrogens with one attached hydrogen (secondary N) is 1. The molecule has 130 valence electrons. The maximum Gasteiger partial charge on any atom is 0.226 e.